The second kappa shape index (κ2) is 8.53. The maximum absolute atomic E-state index is 11.3. The number of aliphatic hydroxyl groups is 1. The summed E-state index contributed by atoms with van der Waals surface area (Å²) in [5.41, 5.74) is 1.16. The first kappa shape index (κ1) is 14.5. The van der Waals surface area contributed by atoms with Crippen molar-refractivity contribution in [1.29, 1.82) is 0 Å². The highest BCUT2D eigenvalue weighted by Gasteiger charge is 2.00. The van der Waals surface area contributed by atoms with Gasteiger partial charge in [-0.1, -0.05) is 12.1 Å². The molecule has 0 fully saturated rings. The van der Waals surface area contributed by atoms with Gasteiger partial charge in [-0.3, -0.25) is 4.79 Å². The van der Waals surface area contributed by atoms with Crippen LogP contribution in [0.4, 0.5) is 0 Å². The van der Waals surface area contributed by atoms with Crippen molar-refractivity contribution < 1.29 is 14.6 Å². The Kier molecular flexibility index (Phi) is 6.87. The number of carbonyl (C=O) groups is 1. The maximum atomic E-state index is 11.3. The van der Waals surface area contributed by atoms with Gasteiger partial charge in [0.1, 0.15) is 5.75 Å². The molecule has 0 aliphatic heterocycles. The normalized spacial score (nSPS) is 10.1. The summed E-state index contributed by atoms with van der Waals surface area (Å²) >= 11 is 0. The molecule has 0 atom stereocenters. The molecule has 1 rings (SSSR count). The number of aryl methyl sites for hydroxylation is 1. The van der Waals surface area contributed by atoms with Gasteiger partial charge in [0.15, 0.2) is 0 Å². The summed E-state index contributed by atoms with van der Waals surface area (Å²) in [6, 6.07) is 7.85. The van der Waals surface area contributed by atoms with Crippen LogP contribution >= 0.6 is 0 Å². The number of aliphatic hydroxyl groups excluding tert-OH is 1. The molecule has 1 aromatic carbocycles. The number of hydrogen-bond donors (Lipinski definition) is 2. The third-order valence-electron chi connectivity index (χ3n) is 2.46. The summed E-state index contributed by atoms with van der Waals surface area (Å²) in [6.07, 6.45) is 1.75. The molecule has 0 bridgehead atoms. The molecule has 0 aliphatic carbocycles. The highest BCUT2D eigenvalue weighted by atomic mass is 16.5. The van der Waals surface area contributed by atoms with Gasteiger partial charge in [0.2, 0.25) is 5.91 Å². The van der Waals surface area contributed by atoms with E-state index in [2.05, 4.69) is 5.32 Å². The second-order valence-corrected chi connectivity index (χ2v) is 4.20. The van der Waals surface area contributed by atoms with Crippen LogP contribution in [0.3, 0.4) is 0 Å². The molecule has 0 saturated heterocycles. The molecule has 1 amide bonds. The zero-order valence-electron chi connectivity index (χ0n) is 10.8. The van der Waals surface area contributed by atoms with Gasteiger partial charge in [-0.05, 0) is 37.5 Å². The number of benzene rings is 1. The van der Waals surface area contributed by atoms with Gasteiger partial charge in [-0.2, -0.15) is 0 Å². The smallest absolute Gasteiger partial charge is 0.220 e. The highest BCUT2D eigenvalue weighted by Crippen LogP contribution is 2.12. The number of hydrogen-bond acceptors (Lipinski definition) is 3. The van der Waals surface area contributed by atoms with E-state index < -0.39 is 0 Å². The molecule has 18 heavy (non-hydrogen) atoms. The van der Waals surface area contributed by atoms with E-state index in [1.807, 2.05) is 31.2 Å². The van der Waals surface area contributed by atoms with E-state index in [0.717, 1.165) is 11.3 Å². The standard InChI is InChI=1S/C14H21NO3/c1-12-5-2-6-13(11-12)18-10-3-7-14(17)15-8-4-9-16/h2,5-6,11,16H,3-4,7-10H2,1H3,(H,15,17). The molecule has 0 spiro atoms. The van der Waals surface area contributed by atoms with Crippen molar-refractivity contribution in [2.24, 2.45) is 0 Å². The molecule has 100 valence electrons. The zero-order chi connectivity index (χ0) is 13.2. The quantitative estimate of drug-likeness (QED) is 0.691. The van der Waals surface area contributed by atoms with Gasteiger partial charge in [0.25, 0.3) is 0 Å². The summed E-state index contributed by atoms with van der Waals surface area (Å²) in [4.78, 5) is 11.3. The summed E-state index contributed by atoms with van der Waals surface area (Å²) in [5, 5.41) is 11.3. The maximum Gasteiger partial charge on any atom is 0.220 e. The van der Waals surface area contributed by atoms with Gasteiger partial charge >= 0.3 is 0 Å². The van der Waals surface area contributed by atoms with Gasteiger partial charge in [0, 0.05) is 19.6 Å². The Balaban J connectivity index is 2.09. The van der Waals surface area contributed by atoms with Crippen LogP contribution in [0.5, 0.6) is 5.75 Å². The number of ether oxygens (including phenoxy) is 1. The number of nitrogens with one attached hydrogen (secondary N) is 1. The summed E-state index contributed by atoms with van der Waals surface area (Å²) < 4.78 is 5.54. The van der Waals surface area contributed by atoms with Crippen LogP contribution in [0.1, 0.15) is 24.8 Å². The third-order valence-corrected chi connectivity index (χ3v) is 2.46. The van der Waals surface area contributed by atoms with Crippen LogP contribution in [0.15, 0.2) is 24.3 Å². The van der Waals surface area contributed by atoms with Gasteiger partial charge in [0.05, 0.1) is 6.61 Å². The lowest BCUT2D eigenvalue weighted by atomic mass is 10.2. The molecule has 4 nitrogen and oxygen atoms in total. The number of rotatable bonds is 8. The molecule has 0 radical (unpaired) electrons. The minimum absolute atomic E-state index is 0.0105. The fraction of sp³-hybridized carbons (Fsp3) is 0.500. The first-order valence-corrected chi connectivity index (χ1v) is 6.29. The average Bonchev–Trinajstić information content (AvgIpc) is 2.35. The molecule has 1 aromatic rings. The topological polar surface area (TPSA) is 58.6 Å². The third kappa shape index (κ3) is 6.25. The fourth-order valence-corrected chi connectivity index (χ4v) is 1.52. The Morgan fingerprint density at radius 1 is 1.39 bits per heavy atom. The van der Waals surface area contributed by atoms with Gasteiger partial charge < -0.3 is 15.2 Å². The van der Waals surface area contributed by atoms with Crippen LogP contribution < -0.4 is 10.1 Å². The molecular weight excluding hydrogens is 230 g/mol. The Morgan fingerprint density at radius 3 is 2.94 bits per heavy atom. The van der Waals surface area contributed by atoms with Crippen molar-refractivity contribution in [3.63, 3.8) is 0 Å². The molecular formula is C14H21NO3. The van der Waals surface area contributed by atoms with E-state index in [1.165, 1.54) is 0 Å². The number of carbonyl (C=O) groups excluding carboxylic acids is 1. The summed E-state index contributed by atoms with van der Waals surface area (Å²) in [6.45, 7) is 3.20. The second-order valence-electron chi connectivity index (χ2n) is 4.20. The predicted molar refractivity (Wildman–Crippen MR) is 70.6 cm³/mol. The molecule has 4 heteroatoms. The van der Waals surface area contributed by atoms with E-state index in [0.29, 0.717) is 32.4 Å². The monoisotopic (exact) mass is 251 g/mol. The summed E-state index contributed by atoms with van der Waals surface area (Å²) in [7, 11) is 0. The van der Waals surface area contributed by atoms with Crippen molar-refractivity contribution in [2.45, 2.75) is 26.2 Å². The lowest BCUT2D eigenvalue weighted by Crippen LogP contribution is -2.25. The van der Waals surface area contributed by atoms with E-state index in [1.54, 1.807) is 0 Å². The van der Waals surface area contributed by atoms with Crippen molar-refractivity contribution >= 4 is 5.91 Å². The Bertz CT molecular complexity index is 366. The first-order valence-electron chi connectivity index (χ1n) is 6.29. The first-order chi connectivity index (χ1) is 8.72. The molecule has 0 heterocycles. The van der Waals surface area contributed by atoms with Gasteiger partial charge in [-0.25, -0.2) is 0 Å². The minimum atomic E-state index is 0.0105. The summed E-state index contributed by atoms with van der Waals surface area (Å²) in [5.74, 6) is 0.854. The molecule has 0 aromatic heterocycles. The van der Waals surface area contributed by atoms with Crippen LogP contribution in [-0.4, -0.2) is 30.8 Å². The van der Waals surface area contributed by atoms with E-state index in [4.69, 9.17) is 9.84 Å². The van der Waals surface area contributed by atoms with E-state index in [-0.39, 0.29) is 12.5 Å². The van der Waals surface area contributed by atoms with Crippen LogP contribution in [0.25, 0.3) is 0 Å². The number of amides is 1. The van der Waals surface area contributed by atoms with Crippen LogP contribution in [0.2, 0.25) is 0 Å². The molecule has 0 saturated carbocycles. The lowest BCUT2D eigenvalue weighted by molar-refractivity contribution is -0.121. The zero-order valence-corrected chi connectivity index (χ0v) is 10.8. The minimum Gasteiger partial charge on any atom is -0.494 e. The van der Waals surface area contributed by atoms with Crippen molar-refractivity contribution in [2.75, 3.05) is 19.8 Å². The Labute approximate surface area is 108 Å². The van der Waals surface area contributed by atoms with Crippen molar-refractivity contribution in [3.05, 3.63) is 29.8 Å². The van der Waals surface area contributed by atoms with Gasteiger partial charge in [-0.15, -0.1) is 0 Å². The van der Waals surface area contributed by atoms with Crippen LogP contribution in [-0.2, 0) is 4.79 Å². The van der Waals surface area contributed by atoms with E-state index in [9.17, 15) is 4.79 Å². The predicted octanol–water partition coefficient (Wildman–Crippen LogP) is 1.65. The Morgan fingerprint density at radius 2 is 2.22 bits per heavy atom. The van der Waals surface area contributed by atoms with Crippen molar-refractivity contribution in [1.82, 2.24) is 5.32 Å². The fourth-order valence-electron chi connectivity index (χ4n) is 1.52. The average molecular weight is 251 g/mol. The SMILES string of the molecule is Cc1cccc(OCCCC(=O)NCCCO)c1. The van der Waals surface area contributed by atoms with Crippen LogP contribution in [0, 0.1) is 6.92 Å². The lowest BCUT2D eigenvalue weighted by Gasteiger charge is -2.07. The highest BCUT2D eigenvalue weighted by molar-refractivity contribution is 5.75. The molecule has 0 aliphatic rings. The van der Waals surface area contributed by atoms with E-state index >= 15 is 0 Å². The van der Waals surface area contributed by atoms with Crippen molar-refractivity contribution in [3.8, 4) is 5.75 Å². The Hall–Kier alpha value is -1.55. The molecule has 2 N–H and O–H groups in total. The molecule has 0 unspecified atom stereocenters. The largest absolute Gasteiger partial charge is 0.494 e.